The lowest BCUT2D eigenvalue weighted by Crippen LogP contribution is -2.52. The van der Waals surface area contributed by atoms with Crippen molar-refractivity contribution in [3.63, 3.8) is 0 Å². The minimum absolute atomic E-state index is 0.115. The van der Waals surface area contributed by atoms with Crippen molar-refractivity contribution in [2.24, 2.45) is 0 Å². The maximum atomic E-state index is 12.6. The minimum Gasteiger partial charge on any atom is -0.332 e. The molecule has 0 unspecified atom stereocenters. The van der Waals surface area contributed by atoms with Crippen LogP contribution in [0.15, 0.2) is 29.1 Å². The SMILES string of the molecule is C[C@H]1CNCCN1C(=O)c1n[nH]c(=O)c2ccccc12. The Morgan fingerprint density at radius 2 is 2.10 bits per heavy atom. The summed E-state index contributed by atoms with van der Waals surface area (Å²) in [6.45, 7) is 4.19. The highest BCUT2D eigenvalue weighted by Gasteiger charge is 2.26. The number of carbonyl (C=O) groups excluding carboxylic acids is 1. The Balaban J connectivity index is 2.08. The van der Waals surface area contributed by atoms with Gasteiger partial charge in [-0.05, 0) is 13.0 Å². The van der Waals surface area contributed by atoms with E-state index in [4.69, 9.17) is 0 Å². The molecule has 2 aromatic rings. The fourth-order valence-corrected chi connectivity index (χ4v) is 2.56. The number of nitrogens with one attached hydrogen (secondary N) is 2. The Morgan fingerprint density at radius 1 is 1.35 bits per heavy atom. The van der Waals surface area contributed by atoms with Gasteiger partial charge in [-0.15, -0.1) is 0 Å². The fourth-order valence-electron chi connectivity index (χ4n) is 2.56. The van der Waals surface area contributed by atoms with Crippen molar-refractivity contribution in [2.75, 3.05) is 19.6 Å². The number of amides is 1. The fraction of sp³-hybridized carbons (Fsp3) is 0.357. The van der Waals surface area contributed by atoms with Gasteiger partial charge in [-0.2, -0.15) is 5.10 Å². The summed E-state index contributed by atoms with van der Waals surface area (Å²) in [5, 5.41) is 10.7. The number of benzene rings is 1. The number of fused-ring (bicyclic) bond motifs is 1. The molecule has 2 heterocycles. The van der Waals surface area contributed by atoms with E-state index in [1.807, 2.05) is 6.92 Å². The lowest BCUT2D eigenvalue weighted by atomic mass is 10.1. The first-order chi connectivity index (χ1) is 9.68. The number of aromatic amines is 1. The zero-order valence-electron chi connectivity index (χ0n) is 11.2. The van der Waals surface area contributed by atoms with Crippen LogP contribution in [0.5, 0.6) is 0 Å². The maximum absolute atomic E-state index is 12.6. The number of aromatic nitrogens is 2. The smallest absolute Gasteiger partial charge is 0.275 e. The summed E-state index contributed by atoms with van der Waals surface area (Å²) in [6, 6.07) is 7.16. The third-order valence-corrected chi connectivity index (χ3v) is 3.66. The Bertz CT molecular complexity index is 710. The number of rotatable bonds is 1. The molecular weight excluding hydrogens is 256 g/mol. The van der Waals surface area contributed by atoms with Gasteiger partial charge in [0.05, 0.1) is 5.39 Å². The van der Waals surface area contributed by atoms with E-state index in [1.165, 1.54) is 0 Å². The van der Waals surface area contributed by atoms with E-state index in [2.05, 4.69) is 15.5 Å². The molecule has 6 nitrogen and oxygen atoms in total. The number of piperazine rings is 1. The van der Waals surface area contributed by atoms with Gasteiger partial charge in [-0.1, -0.05) is 18.2 Å². The van der Waals surface area contributed by atoms with Gasteiger partial charge in [0.25, 0.3) is 11.5 Å². The van der Waals surface area contributed by atoms with Gasteiger partial charge in [0.2, 0.25) is 0 Å². The topological polar surface area (TPSA) is 78.1 Å². The molecule has 0 spiro atoms. The van der Waals surface area contributed by atoms with Gasteiger partial charge >= 0.3 is 0 Å². The first-order valence-electron chi connectivity index (χ1n) is 6.67. The molecule has 1 aromatic heterocycles. The van der Waals surface area contributed by atoms with E-state index in [0.29, 0.717) is 23.0 Å². The molecule has 0 radical (unpaired) electrons. The Labute approximate surface area is 115 Å². The number of nitrogens with zero attached hydrogens (tertiary/aromatic N) is 2. The van der Waals surface area contributed by atoms with E-state index in [1.54, 1.807) is 29.2 Å². The Morgan fingerprint density at radius 3 is 2.85 bits per heavy atom. The standard InChI is InChI=1S/C14H16N4O2/c1-9-8-15-6-7-18(9)14(20)12-10-4-2-3-5-11(10)13(19)17-16-12/h2-5,9,15H,6-8H2,1H3,(H,17,19)/t9-/m0/s1. The average Bonchev–Trinajstić information content (AvgIpc) is 2.48. The van der Waals surface area contributed by atoms with Gasteiger partial charge in [0, 0.05) is 31.1 Å². The zero-order valence-corrected chi connectivity index (χ0v) is 11.2. The second-order valence-corrected chi connectivity index (χ2v) is 5.00. The molecule has 1 atom stereocenters. The molecule has 1 aliphatic rings. The highest BCUT2D eigenvalue weighted by Crippen LogP contribution is 2.16. The molecular formula is C14H16N4O2. The summed E-state index contributed by atoms with van der Waals surface area (Å²) in [5.74, 6) is -0.133. The van der Waals surface area contributed by atoms with Crippen molar-refractivity contribution < 1.29 is 4.79 Å². The third kappa shape index (κ3) is 2.08. The largest absolute Gasteiger partial charge is 0.332 e. The third-order valence-electron chi connectivity index (χ3n) is 3.66. The van der Waals surface area contributed by atoms with Crippen LogP contribution in [0, 0.1) is 0 Å². The van der Waals surface area contributed by atoms with Crippen molar-refractivity contribution in [1.29, 1.82) is 0 Å². The highest BCUT2D eigenvalue weighted by atomic mass is 16.2. The van der Waals surface area contributed by atoms with Crippen LogP contribution in [-0.2, 0) is 0 Å². The van der Waals surface area contributed by atoms with E-state index in [0.717, 1.165) is 13.1 Å². The van der Waals surface area contributed by atoms with E-state index in [-0.39, 0.29) is 17.5 Å². The number of hydrogen-bond donors (Lipinski definition) is 2. The quantitative estimate of drug-likeness (QED) is 0.785. The van der Waals surface area contributed by atoms with Crippen molar-refractivity contribution in [3.05, 3.63) is 40.3 Å². The highest BCUT2D eigenvalue weighted by molar-refractivity contribution is 6.04. The summed E-state index contributed by atoms with van der Waals surface area (Å²) >= 11 is 0. The predicted molar refractivity (Wildman–Crippen MR) is 75.7 cm³/mol. The van der Waals surface area contributed by atoms with Crippen LogP contribution >= 0.6 is 0 Å². The lowest BCUT2D eigenvalue weighted by Gasteiger charge is -2.33. The van der Waals surface area contributed by atoms with E-state index in [9.17, 15) is 9.59 Å². The molecule has 0 bridgehead atoms. The molecule has 0 aliphatic carbocycles. The summed E-state index contributed by atoms with van der Waals surface area (Å²) in [7, 11) is 0. The van der Waals surface area contributed by atoms with Crippen LogP contribution in [-0.4, -0.2) is 46.7 Å². The van der Waals surface area contributed by atoms with Crippen LogP contribution in [0.4, 0.5) is 0 Å². The minimum atomic E-state index is -0.273. The lowest BCUT2D eigenvalue weighted by molar-refractivity contribution is 0.0650. The van der Waals surface area contributed by atoms with Crippen molar-refractivity contribution >= 4 is 16.7 Å². The van der Waals surface area contributed by atoms with Gasteiger partial charge in [0.1, 0.15) is 0 Å². The van der Waals surface area contributed by atoms with Crippen LogP contribution < -0.4 is 10.9 Å². The van der Waals surface area contributed by atoms with Gasteiger partial charge < -0.3 is 10.2 Å². The molecule has 1 fully saturated rings. The van der Waals surface area contributed by atoms with Crippen LogP contribution in [0.25, 0.3) is 10.8 Å². The predicted octanol–water partition coefficient (Wildman–Crippen LogP) is 0.357. The van der Waals surface area contributed by atoms with Crippen molar-refractivity contribution in [3.8, 4) is 0 Å². The number of H-pyrrole nitrogens is 1. The molecule has 1 aromatic carbocycles. The Kier molecular flexibility index (Phi) is 3.23. The Hall–Kier alpha value is -2.21. The number of carbonyl (C=O) groups is 1. The van der Waals surface area contributed by atoms with E-state index < -0.39 is 0 Å². The molecule has 6 heteroatoms. The van der Waals surface area contributed by atoms with E-state index >= 15 is 0 Å². The first kappa shape index (κ1) is 12.8. The molecule has 1 amide bonds. The van der Waals surface area contributed by atoms with Crippen molar-refractivity contribution in [2.45, 2.75) is 13.0 Å². The van der Waals surface area contributed by atoms with Crippen LogP contribution in [0.1, 0.15) is 17.4 Å². The molecule has 20 heavy (non-hydrogen) atoms. The molecule has 1 saturated heterocycles. The van der Waals surface area contributed by atoms with Crippen LogP contribution in [0.2, 0.25) is 0 Å². The van der Waals surface area contributed by atoms with Crippen molar-refractivity contribution in [1.82, 2.24) is 20.4 Å². The average molecular weight is 272 g/mol. The monoisotopic (exact) mass is 272 g/mol. The molecule has 1 aliphatic heterocycles. The second-order valence-electron chi connectivity index (χ2n) is 5.00. The molecule has 3 rings (SSSR count). The second kappa shape index (κ2) is 5.05. The summed E-state index contributed by atoms with van der Waals surface area (Å²) < 4.78 is 0. The molecule has 0 saturated carbocycles. The zero-order chi connectivity index (χ0) is 14.1. The maximum Gasteiger partial charge on any atom is 0.275 e. The summed E-state index contributed by atoms with van der Waals surface area (Å²) in [5.41, 5.74) is 0.0412. The number of hydrogen-bond acceptors (Lipinski definition) is 4. The normalized spacial score (nSPS) is 19.2. The summed E-state index contributed by atoms with van der Waals surface area (Å²) in [6.07, 6.45) is 0. The summed E-state index contributed by atoms with van der Waals surface area (Å²) in [4.78, 5) is 26.2. The van der Waals surface area contributed by atoms with Gasteiger partial charge in [-0.3, -0.25) is 9.59 Å². The molecule has 104 valence electrons. The first-order valence-corrected chi connectivity index (χ1v) is 6.67. The van der Waals surface area contributed by atoms with Gasteiger partial charge in [-0.25, -0.2) is 5.10 Å². The van der Waals surface area contributed by atoms with Crippen LogP contribution in [0.3, 0.4) is 0 Å². The molecule has 2 N–H and O–H groups in total. The van der Waals surface area contributed by atoms with Gasteiger partial charge in [0.15, 0.2) is 5.69 Å².